The summed E-state index contributed by atoms with van der Waals surface area (Å²) in [6.45, 7) is 0. The molecule has 3 nitrogen and oxygen atoms in total. The lowest BCUT2D eigenvalue weighted by Gasteiger charge is -2.36. The third kappa shape index (κ3) is 3.53. The summed E-state index contributed by atoms with van der Waals surface area (Å²) in [6.07, 6.45) is -0.856. The van der Waals surface area contributed by atoms with Crippen LogP contribution in [0.2, 0.25) is 10.0 Å². The van der Waals surface area contributed by atoms with E-state index in [4.69, 9.17) is 27.9 Å². The molecule has 4 atom stereocenters. The minimum Gasteiger partial charge on any atom is -0.361 e. The van der Waals surface area contributed by atoms with Crippen LogP contribution >= 0.6 is 35.0 Å². The zero-order valence-electron chi connectivity index (χ0n) is 12.4. The molecule has 0 bridgehead atoms. The molecule has 0 N–H and O–H groups in total. The predicted octanol–water partition coefficient (Wildman–Crippen LogP) is 5.32. The van der Waals surface area contributed by atoms with Gasteiger partial charge >= 0.3 is 0 Å². The summed E-state index contributed by atoms with van der Waals surface area (Å²) < 4.78 is 6.19. The van der Waals surface area contributed by atoms with Crippen molar-refractivity contribution in [3.05, 3.63) is 69.7 Å². The van der Waals surface area contributed by atoms with Gasteiger partial charge in [-0.2, -0.15) is 10.5 Å². The molecular weight excluding hydrogens is 363 g/mol. The van der Waals surface area contributed by atoms with Gasteiger partial charge in [0, 0.05) is 10.0 Å². The summed E-state index contributed by atoms with van der Waals surface area (Å²) >= 11 is 13.2. The third-order valence-corrected chi connectivity index (χ3v) is 5.58. The van der Waals surface area contributed by atoms with Gasteiger partial charge in [0.1, 0.15) is 22.7 Å². The highest BCUT2D eigenvalue weighted by atomic mass is 35.5. The lowest BCUT2D eigenvalue weighted by atomic mass is 10.0. The fourth-order valence-electron chi connectivity index (χ4n) is 2.61. The third-order valence-electron chi connectivity index (χ3n) is 3.79. The number of nitriles is 2. The first-order valence-electron chi connectivity index (χ1n) is 7.23. The maximum absolute atomic E-state index is 9.48. The Bertz CT molecular complexity index is 728. The zero-order chi connectivity index (χ0) is 17.1. The summed E-state index contributed by atoms with van der Waals surface area (Å²) in [7, 11) is 0. The van der Waals surface area contributed by atoms with Crippen molar-refractivity contribution < 1.29 is 4.74 Å². The summed E-state index contributed by atoms with van der Waals surface area (Å²) in [6, 6.07) is 19.0. The van der Waals surface area contributed by atoms with Crippen molar-refractivity contribution in [2.24, 2.45) is 0 Å². The second-order valence-electron chi connectivity index (χ2n) is 5.32. The van der Waals surface area contributed by atoms with E-state index in [-0.39, 0.29) is 0 Å². The number of ether oxygens (including phenoxy) is 1. The second-order valence-corrected chi connectivity index (χ2v) is 7.48. The molecule has 24 heavy (non-hydrogen) atoms. The second kappa shape index (κ2) is 7.47. The molecule has 0 saturated carbocycles. The van der Waals surface area contributed by atoms with E-state index in [9.17, 15) is 10.5 Å². The quantitative estimate of drug-likeness (QED) is 0.713. The molecule has 3 rings (SSSR count). The maximum atomic E-state index is 9.48. The molecule has 0 radical (unpaired) electrons. The molecule has 0 amide bonds. The van der Waals surface area contributed by atoms with Gasteiger partial charge in [-0.1, -0.05) is 47.5 Å². The van der Waals surface area contributed by atoms with E-state index in [0.717, 1.165) is 11.1 Å². The number of nitrogens with zero attached hydrogens (tertiary/aromatic N) is 2. The van der Waals surface area contributed by atoms with Crippen molar-refractivity contribution in [1.29, 1.82) is 10.5 Å². The van der Waals surface area contributed by atoms with Gasteiger partial charge in [-0.25, -0.2) is 0 Å². The summed E-state index contributed by atoms with van der Waals surface area (Å²) in [4.78, 5) is 0. The van der Waals surface area contributed by atoms with Gasteiger partial charge in [0.15, 0.2) is 0 Å². The smallest absolute Gasteiger partial charge is 0.123 e. The van der Waals surface area contributed by atoms with Crippen molar-refractivity contribution in [1.82, 2.24) is 0 Å². The van der Waals surface area contributed by atoms with Crippen LogP contribution in [-0.4, -0.2) is 10.5 Å². The number of halogens is 2. The number of hydrogen-bond acceptors (Lipinski definition) is 4. The molecule has 1 aliphatic heterocycles. The van der Waals surface area contributed by atoms with E-state index in [0.29, 0.717) is 10.0 Å². The molecule has 1 fully saturated rings. The van der Waals surface area contributed by atoms with Crippen LogP contribution in [-0.2, 0) is 4.74 Å². The number of hydrogen-bond donors (Lipinski definition) is 0. The van der Waals surface area contributed by atoms with E-state index >= 15 is 0 Å². The Morgan fingerprint density at radius 2 is 1.12 bits per heavy atom. The standard InChI is InChI=1S/C18H12Cl2N2OS/c19-13-5-1-11(2-6-13)17-15(9-21)24-16(10-22)18(23-17)12-3-7-14(20)8-4-12/h1-8,15-18H/t15-,16-,17-,18+/m1/s1. The lowest BCUT2D eigenvalue weighted by Crippen LogP contribution is -2.32. The maximum Gasteiger partial charge on any atom is 0.123 e. The Balaban J connectivity index is 1.95. The monoisotopic (exact) mass is 374 g/mol. The van der Waals surface area contributed by atoms with Crippen LogP contribution in [0.25, 0.3) is 0 Å². The van der Waals surface area contributed by atoms with Crippen LogP contribution in [0.15, 0.2) is 48.5 Å². The van der Waals surface area contributed by atoms with Gasteiger partial charge in [-0.05, 0) is 35.4 Å². The minimum atomic E-state index is -0.459. The van der Waals surface area contributed by atoms with Crippen LogP contribution in [0.5, 0.6) is 0 Å². The first-order valence-corrected chi connectivity index (χ1v) is 8.93. The van der Waals surface area contributed by atoms with Crippen molar-refractivity contribution in [3.8, 4) is 12.1 Å². The molecule has 2 aromatic carbocycles. The van der Waals surface area contributed by atoms with Gasteiger partial charge in [-0.15, -0.1) is 11.8 Å². The highest BCUT2D eigenvalue weighted by molar-refractivity contribution is 8.01. The molecule has 0 spiro atoms. The Morgan fingerprint density at radius 1 is 0.750 bits per heavy atom. The van der Waals surface area contributed by atoms with E-state index in [1.54, 1.807) is 24.3 Å². The van der Waals surface area contributed by atoms with Crippen molar-refractivity contribution in [3.63, 3.8) is 0 Å². The molecule has 0 aromatic heterocycles. The first kappa shape index (κ1) is 17.1. The van der Waals surface area contributed by atoms with E-state index in [1.807, 2.05) is 24.3 Å². The lowest BCUT2D eigenvalue weighted by molar-refractivity contribution is -0.0126. The fraction of sp³-hybridized carbons (Fsp3) is 0.222. The van der Waals surface area contributed by atoms with E-state index in [1.165, 1.54) is 11.8 Å². The van der Waals surface area contributed by atoms with Crippen LogP contribution in [0.1, 0.15) is 23.3 Å². The Labute approximate surface area is 154 Å². The average molecular weight is 375 g/mol. The number of benzene rings is 2. The zero-order valence-corrected chi connectivity index (χ0v) is 14.7. The van der Waals surface area contributed by atoms with Gasteiger partial charge in [0.2, 0.25) is 0 Å². The summed E-state index contributed by atoms with van der Waals surface area (Å²) in [5.41, 5.74) is 1.74. The van der Waals surface area contributed by atoms with Gasteiger partial charge in [0.25, 0.3) is 0 Å². The van der Waals surface area contributed by atoms with Crippen molar-refractivity contribution in [2.75, 3.05) is 0 Å². The molecule has 2 aromatic rings. The number of rotatable bonds is 2. The van der Waals surface area contributed by atoms with Crippen molar-refractivity contribution in [2.45, 2.75) is 22.7 Å². The highest BCUT2D eigenvalue weighted by Crippen LogP contribution is 2.46. The molecule has 6 heteroatoms. The largest absolute Gasteiger partial charge is 0.361 e. The van der Waals surface area contributed by atoms with Gasteiger partial charge in [0.05, 0.1) is 12.1 Å². The average Bonchev–Trinajstić information content (AvgIpc) is 2.62. The van der Waals surface area contributed by atoms with Crippen molar-refractivity contribution >= 4 is 35.0 Å². The first-order chi connectivity index (χ1) is 11.6. The Hall–Kier alpha value is -1.69. The SMILES string of the molecule is N#C[C@H]1S[C@H](C#N)[C@H](c2ccc(Cl)cc2)O[C@@H]1c1ccc(Cl)cc1. The van der Waals surface area contributed by atoms with Crippen LogP contribution in [0.4, 0.5) is 0 Å². The van der Waals surface area contributed by atoms with Gasteiger partial charge in [-0.3, -0.25) is 0 Å². The van der Waals surface area contributed by atoms with E-state index < -0.39 is 22.7 Å². The number of thioether (sulfide) groups is 1. The molecular formula is C18H12Cl2N2OS. The summed E-state index contributed by atoms with van der Waals surface area (Å²) in [5, 5.41) is 19.3. The molecule has 0 aliphatic carbocycles. The highest BCUT2D eigenvalue weighted by Gasteiger charge is 2.40. The summed E-state index contributed by atoms with van der Waals surface area (Å²) in [5.74, 6) is 0. The Morgan fingerprint density at radius 3 is 1.46 bits per heavy atom. The van der Waals surface area contributed by atoms with Crippen LogP contribution in [0, 0.1) is 22.7 Å². The Kier molecular flexibility index (Phi) is 5.33. The molecule has 120 valence electrons. The van der Waals surface area contributed by atoms with Gasteiger partial charge < -0.3 is 4.74 Å². The molecule has 1 heterocycles. The molecule has 1 aliphatic rings. The van der Waals surface area contributed by atoms with Crippen LogP contribution in [0.3, 0.4) is 0 Å². The predicted molar refractivity (Wildman–Crippen MR) is 95.9 cm³/mol. The van der Waals surface area contributed by atoms with Crippen LogP contribution < -0.4 is 0 Å². The molecule has 0 unspecified atom stereocenters. The minimum absolute atomic E-state index is 0.428. The molecule has 1 saturated heterocycles. The fourth-order valence-corrected chi connectivity index (χ4v) is 4.03. The van der Waals surface area contributed by atoms with E-state index in [2.05, 4.69) is 12.1 Å². The normalized spacial score (nSPS) is 26.3. The topological polar surface area (TPSA) is 56.8 Å².